The van der Waals surface area contributed by atoms with Crippen LogP contribution in [-0.2, 0) is 7.05 Å². The van der Waals surface area contributed by atoms with Crippen LogP contribution in [0.2, 0.25) is 0 Å². The molecule has 2 aromatic rings. The lowest BCUT2D eigenvalue weighted by molar-refractivity contribution is 0.0954. The summed E-state index contributed by atoms with van der Waals surface area (Å²) in [4.78, 5) is 11.9. The van der Waals surface area contributed by atoms with E-state index in [1.807, 2.05) is 0 Å². The Kier molecular flexibility index (Phi) is 4.29. The lowest BCUT2D eigenvalue weighted by Crippen LogP contribution is -2.18. The number of carbonyl (C=O) groups is 1. The molecule has 1 amide bonds. The van der Waals surface area contributed by atoms with E-state index < -0.39 is 5.95 Å². The minimum Gasteiger partial charge on any atom is -0.267 e. The highest BCUT2D eigenvalue weighted by atomic mass is 79.9. The number of hydrogen-bond acceptors (Lipinski definition) is 3. The minimum atomic E-state index is -0.499. The van der Waals surface area contributed by atoms with Crippen molar-refractivity contribution >= 4 is 28.1 Å². The van der Waals surface area contributed by atoms with Crippen LogP contribution in [0.3, 0.4) is 0 Å². The summed E-state index contributed by atoms with van der Waals surface area (Å²) in [5.41, 5.74) is 3.55. The third-order valence-electron chi connectivity index (χ3n) is 2.67. The smallest absolute Gasteiger partial charge is 0.267 e. The Bertz CT molecular complexity index is 681. The quantitative estimate of drug-likeness (QED) is 0.690. The highest BCUT2D eigenvalue weighted by molar-refractivity contribution is 9.10. The van der Waals surface area contributed by atoms with Gasteiger partial charge in [-0.1, -0.05) is 12.1 Å². The number of hydrazone groups is 1. The average molecular weight is 339 g/mol. The van der Waals surface area contributed by atoms with E-state index in [-0.39, 0.29) is 11.5 Å². The molecule has 0 aliphatic rings. The van der Waals surface area contributed by atoms with Gasteiger partial charge in [0.25, 0.3) is 5.91 Å². The molecular weight excluding hydrogens is 327 g/mol. The van der Waals surface area contributed by atoms with Crippen LogP contribution in [0.15, 0.2) is 33.8 Å². The number of nitrogens with one attached hydrogen (secondary N) is 1. The molecule has 1 aromatic carbocycles. The van der Waals surface area contributed by atoms with Gasteiger partial charge in [0.2, 0.25) is 5.95 Å². The molecule has 0 unspecified atom stereocenters. The molecule has 2 rings (SSSR count). The van der Waals surface area contributed by atoms with E-state index in [0.717, 1.165) is 4.68 Å². The molecule has 1 heterocycles. The fourth-order valence-electron chi connectivity index (χ4n) is 1.65. The number of amides is 1. The van der Waals surface area contributed by atoms with Crippen LogP contribution in [0.4, 0.5) is 4.39 Å². The van der Waals surface area contributed by atoms with E-state index in [1.54, 1.807) is 31.2 Å². The Labute approximate surface area is 123 Å². The van der Waals surface area contributed by atoms with Crippen LogP contribution in [-0.4, -0.2) is 21.9 Å². The zero-order valence-electron chi connectivity index (χ0n) is 10.9. The number of carbonyl (C=O) groups excluding carboxylic acids is 1. The second-order valence-corrected chi connectivity index (χ2v) is 4.95. The van der Waals surface area contributed by atoms with Crippen molar-refractivity contribution in [2.24, 2.45) is 12.1 Å². The van der Waals surface area contributed by atoms with Crippen molar-refractivity contribution in [3.05, 3.63) is 51.5 Å². The maximum Gasteiger partial charge on any atom is 0.272 e. The molecule has 5 nitrogen and oxygen atoms in total. The summed E-state index contributed by atoms with van der Waals surface area (Å²) in [5.74, 6) is -0.878. The van der Waals surface area contributed by atoms with E-state index in [2.05, 4.69) is 31.6 Å². The third kappa shape index (κ3) is 2.93. The molecule has 0 radical (unpaired) electrons. The Balaban J connectivity index is 2.11. The first-order valence-corrected chi connectivity index (χ1v) is 6.57. The summed E-state index contributed by atoms with van der Waals surface area (Å²) in [6, 6.07) is 6.96. The molecule has 0 aliphatic heterocycles. The number of nitrogens with zero attached hydrogens (tertiary/aromatic N) is 3. The largest absolute Gasteiger partial charge is 0.272 e. The molecule has 0 saturated heterocycles. The molecule has 0 saturated carbocycles. The standard InChI is InChI=1S/C13H12BrFN4O/c1-8-10(12(15)19(2)18-8)7-16-17-13(20)9-5-3-4-6-11(9)14/h3-7H,1-2H3,(H,17,20)/b16-7+. The van der Waals surface area contributed by atoms with Crippen molar-refractivity contribution in [3.8, 4) is 0 Å². The summed E-state index contributed by atoms with van der Waals surface area (Å²) in [6.45, 7) is 1.67. The minimum absolute atomic E-state index is 0.250. The zero-order valence-corrected chi connectivity index (χ0v) is 12.5. The van der Waals surface area contributed by atoms with Gasteiger partial charge in [0.05, 0.1) is 23.0 Å². The second kappa shape index (κ2) is 5.96. The zero-order chi connectivity index (χ0) is 14.7. The van der Waals surface area contributed by atoms with E-state index >= 15 is 0 Å². The second-order valence-electron chi connectivity index (χ2n) is 4.09. The molecule has 0 bridgehead atoms. The number of benzene rings is 1. The summed E-state index contributed by atoms with van der Waals surface area (Å²) in [7, 11) is 1.50. The molecule has 1 aromatic heterocycles. The maximum absolute atomic E-state index is 13.6. The first kappa shape index (κ1) is 14.4. The summed E-state index contributed by atoms with van der Waals surface area (Å²) >= 11 is 3.27. The highest BCUT2D eigenvalue weighted by Gasteiger charge is 2.11. The predicted octanol–water partition coefficient (Wildman–Crippen LogP) is 2.39. The first-order valence-electron chi connectivity index (χ1n) is 5.77. The van der Waals surface area contributed by atoms with Crippen molar-refractivity contribution in [1.29, 1.82) is 0 Å². The van der Waals surface area contributed by atoms with Crippen LogP contribution >= 0.6 is 15.9 Å². The number of rotatable bonds is 3. The SMILES string of the molecule is Cc1nn(C)c(F)c1/C=N/NC(=O)c1ccccc1Br. The lowest BCUT2D eigenvalue weighted by Gasteiger charge is -2.01. The average Bonchev–Trinajstić information content (AvgIpc) is 2.65. The summed E-state index contributed by atoms with van der Waals surface area (Å²) in [5, 5.41) is 7.67. The molecule has 0 fully saturated rings. The predicted molar refractivity (Wildman–Crippen MR) is 77.1 cm³/mol. The topological polar surface area (TPSA) is 59.3 Å². The first-order chi connectivity index (χ1) is 9.50. The van der Waals surface area contributed by atoms with Gasteiger partial charge in [0.15, 0.2) is 0 Å². The van der Waals surface area contributed by atoms with E-state index in [0.29, 0.717) is 15.7 Å². The maximum atomic E-state index is 13.6. The highest BCUT2D eigenvalue weighted by Crippen LogP contribution is 2.15. The number of aromatic nitrogens is 2. The Morgan fingerprint density at radius 3 is 2.80 bits per heavy atom. The molecule has 104 valence electrons. The number of halogens is 2. The molecule has 7 heteroatoms. The van der Waals surface area contributed by atoms with Crippen LogP contribution in [0, 0.1) is 12.9 Å². The van der Waals surface area contributed by atoms with Gasteiger partial charge in [-0.25, -0.2) is 10.1 Å². The van der Waals surface area contributed by atoms with Gasteiger partial charge in [0.1, 0.15) is 0 Å². The molecule has 0 aliphatic carbocycles. The molecule has 0 spiro atoms. The van der Waals surface area contributed by atoms with Crippen molar-refractivity contribution in [3.63, 3.8) is 0 Å². The van der Waals surface area contributed by atoms with E-state index in [1.165, 1.54) is 13.3 Å². The third-order valence-corrected chi connectivity index (χ3v) is 3.37. The van der Waals surface area contributed by atoms with Crippen molar-refractivity contribution in [2.75, 3.05) is 0 Å². The van der Waals surface area contributed by atoms with Gasteiger partial charge in [-0.2, -0.15) is 14.6 Å². The summed E-state index contributed by atoms with van der Waals surface area (Å²) < 4.78 is 15.4. The van der Waals surface area contributed by atoms with Crippen molar-refractivity contribution in [1.82, 2.24) is 15.2 Å². The van der Waals surface area contributed by atoms with Crippen molar-refractivity contribution in [2.45, 2.75) is 6.92 Å². The lowest BCUT2D eigenvalue weighted by atomic mass is 10.2. The van der Waals surface area contributed by atoms with E-state index in [4.69, 9.17) is 0 Å². The van der Waals surface area contributed by atoms with Crippen LogP contribution in [0.5, 0.6) is 0 Å². The molecule has 1 N–H and O–H groups in total. The van der Waals surface area contributed by atoms with Crippen LogP contribution in [0.25, 0.3) is 0 Å². The van der Waals surface area contributed by atoms with Gasteiger partial charge < -0.3 is 0 Å². The molecule has 20 heavy (non-hydrogen) atoms. The van der Waals surface area contributed by atoms with Gasteiger partial charge in [-0.15, -0.1) is 0 Å². The number of aryl methyl sites for hydroxylation is 2. The molecular formula is C13H12BrFN4O. The fourth-order valence-corrected chi connectivity index (χ4v) is 2.12. The van der Waals surface area contributed by atoms with Gasteiger partial charge in [-0.05, 0) is 35.0 Å². The Hall–Kier alpha value is -2.02. The van der Waals surface area contributed by atoms with Crippen LogP contribution < -0.4 is 5.43 Å². The van der Waals surface area contributed by atoms with Gasteiger partial charge in [0, 0.05) is 11.5 Å². The van der Waals surface area contributed by atoms with Gasteiger partial charge in [-0.3, -0.25) is 4.79 Å². The van der Waals surface area contributed by atoms with Crippen LogP contribution in [0.1, 0.15) is 21.6 Å². The number of hydrogen-bond donors (Lipinski definition) is 1. The normalized spacial score (nSPS) is 11.0. The summed E-state index contributed by atoms with van der Waals surface area (Å²) in [6.07, 6.45) is 1.24. The van der Waals surface area contributed by atoms with Gasteiger partial charge >= 0.3 is 0 Å². The Morgan fingerprint density at radius 2 is 2.20 bits per heavy atom. The van der Waals surface area contributed by atoms with E-state index in [9.17, 15) is 9.18 Å². The molecule has 0 atom stereocenters. The fraction of sp³-hybridized carbons (Fsp3) is 0.154. The Morgan fingerprint density at radius 1 is 1.50 bits per heavy atom. The monoisotopic (exact) mass is 338 g/mol. The van der Waals surface area contributed by atoms with Crippen molar-refractivity contribution < 1.29 is 9.18 Å².